The third-order valence-corrected chi connectivity index (χ3v) is 8.04. The summed E-state index contributed by atoms with van der Waals surface area (Å²) in [7, 11) is 3.23. The number of benzene rings is 2. The molecule has 0 spiro atoms. The molecule has 2 aromatic carbocycles. The first-order valence-electron chi connectivity index (χ1n) is 11.4. The van der Waals surface area contributed by atoms with Gasteiger partial charge in [-0.1, -0.05) is 23.4 Å². The highest BCUT2D eigenvalue weighted by atomic mass is 16.6. The maximum Gasteiger partial charge on any atom is 0.238 e. The zero-order valence-electron chi connectivity index (χ0n) is 19.1. The minimum atomic E-state index is -0.338. The summed E-state index contributed by atoms with van der Waals surface area (Å²) in [5, 5.41) is 4.44. The summed E-state index contributed by atoms with van der Waals surface area (Å²) < 4.78 is 10.9. The molecule has 170 valence electrons. The first kappa shape index (κ1) is 20.3. The van der Waals surface area contributed by atoms with Crippen LogP contribution in [0.25, 0.3) is 0 Å². The second kappa shape index (κ2) is 7.07. The van der Waals surface area contributed by atoms with Gasteiger partial charge in [0, 0.05) is 23.5 Å². The molecule has 7 nitrogen and oxygen atoms in total. The van der Waals surface area contributed by atoms with E-state index >= 15 is 0 Å². The number of fused-ring (bicyclic) bond motifs is 8. The van der Waals surface area contributed by atoms with Gasteiger partial charge in [0.1, 0.15) is 17.6 Å². The molecule has 6 rings (SSSR count). The molecule has 6 atom stereocenters. The molecule has 4 aliphatic rings. The Hall–Kier alpha value is -3.35. The maximum atomic E-state index is 13.7. The molecule has 33 heavy (non-hydrogen) atoms. The highest BCUT2D eigenvalue weighted by Gasteiger charge is 2.70. The lowest BCUT2D eigenvalue weighted by molar-refractivity contribution is -0.125. The second-order valence-electron chi connectivity index (χ2n) is 9.51. The van der Waals surface area contributed by atoms with Gasteiger partial charge in [-0.2, -0.15) is 0 Å². The van der Waals surface area contributed by atoms with Gasteiger partial charge in [-0.15, -0.1) is 0 Å². The van der Waals surface area contributed by atoms with Crippen molar-refractivity contribution in [3.63, 3.8) is 0 Å². The minimum Gasteiger partial charge on any atom is -0.497 e. The first-order chi connectivity index (χ1) is 16.0. The largest absolute Gasteiger partial charge is 0.497 e. The van der Waals surface area contributed by atoms with Gasteiger partial charge in [-0.05, 0) is 49.4 Å². The van der Waals surface area contributed by atoms with E-state index in [0.717, 1.165) is 34.5 Å². The standard InChI is InChI=1S/C26H26N2O5/c1-12-6-5-7-13(2)23(12)28-25(29)19-16-11-17(20(19)26(28)30)24-21(16)22(27-33-24)15-9-8-14(31-3)10-18(15)32-4/h5-10,16-17,19-21,24H,11H2,1-4H3/t16-,17+,19-,20+,21-,24-/m1/s1. The zero-order valence-corrected chi connectivity index (χ0v) is 19.1. The number of aryl methyl sites for hydroxylation is 2. The molecule has 2 amide bonds. The van der Waals surface area contributed by atoms with Crippen LogP contribution < -0.4 is 14.4 Å². The Balaban J connectivity index is 1.37. The fourth-order valence-corrected chi connectivity index (χ4v) is 6.74. The topological polar surface area (TPSA) is 77.4 Å². The second-order valence-corrected chi connectivity index (χ2v) is 9.51. The highest BCUT2D eigenvalue weighted by molar-refractivity contribution is 6.23. The average molecular weight is 447 g/mol. The van der Waals surface area contributed by atoms with Crippen LogP contribution in [0.1, 0.15) is 23.1 Å². The minimum absolute atomic E-state index is 0.0127. The van der Waals surface area contributed by atoms with Crippen LogP contribution >= 0.6 is 0 Å². The summed E-state index contributed by atoms with van der Waals surface area (Å²) in [5.74, 6) is 0.476. The van der Waals surface area contributed by atoms with Gasteiger partial charge in [-0.25, -0.2) is 4.90 Å². The number of oxime groups is 1. The van der Waals surface area contributed by atoms with Crippen LogP contribution in [-0.4, -0.2) is 37.8 Å². The Morgan fingerprint density at radius 1 is 0.939 bits per heavy atom. The van der Waals surface area contributed by atoms with Crippen molar-refractivity contribution in [2.24, 2.45) is 34.7 Å². The van der Waals surface area contributed by atoms with E-state index in [1.165, 1.54) is 4.90 Å². The van der Waals surface area contributed by atoms with Crippen molar-refractivity contribution >= 4 is 23.2 Å². The number of carbonyl (C=O) groups is 2. The number of imide groups is 1. The SMILES string of the molecule is COc1ccc(C2=NO[C@@H]3[C@H]4C[C@H]([C@H]5C(=O)N(c6c(C)cccc6C)C(=O)[C@@H]45)[C@H]23)c(OC)c1. The van der Waals surface area contributed by atoms with Crippen molar-refractivity contribution in [2.45, 2.75) is 26.4 Å². The molecule has 0 aromatic heterocycles. The van der Waals surface area contributed by atoms with Crippen molar-refractivity contribution in [1.29, 1.82) is 0 Å². The Morgan fingerprint density at radius 2 is 1.64 bits per heavy atom. The number of amides is 2. The predicted molar refractivity (Wildman–Crippen MR) is 121 cm³/mol. The molecule has 2 aromatic rings. The number of nitrogens with zero attached hydrogens (tertiary/aromatic N) is 2. The van der Waals surface area contributed by atoms with E-state index in [4.69, 9.17) is 14.3 Å². The number of ether oxygens (including phenoxy) is 2. The highest BCUT2D eigenvalue weighted by Crippen LogP contribution is 2.62. The molecule has 0 N–H and O–H groups in total. The Labute approximate surface area is 192 Å². The third-order valence-electron chi connectivity index (χ3n) is 8.04. The molecule has 2 aliphatic heterocycles. The quantitative estimate of drug-likeness (QED) is 0.672. The van der Waals surface area contributed by atoms with Crippen molar-refractivity contribution in [2.75, 3.05) is 19.1 Å². The number of anilines is 1. The van der Waals surface area contributed by atoms with Crippen LogP contribution in [0.2, 0.25) is 0 Å². The van der Waals surface area contributed by atoms with Crippen molar-refractivity contribution in [3.05, 3.63) is 53.1 Å². The van der Waals surface area contributed by atoms with Gasteiger partial charge < -0.3 is 14.3 Å². The number of carbonyl (C=O) groups excluding carboxylic acids is 2. The molecule has 2 bridgehead atoms. The lowest BCUT2D eigenvalue weighted by atomic mass is 9.71. The van der Waals surface area contributed by atoms with Crippen molar-refractivity contribution in [3.8, 4) is 11.5 Å². The summed E-state index contributed by atoms with van der Waals surface area (Å²) in [6.07, 6.45) is 0.618. The van der Waals surface area contributed by atoms with Crippen LogP contribution in [0.3, 0.4) is 0 Å². The number of methoxy groups -OCH3 is 2. The van der Waals surface area contributed by atoms with E-state index in [9.17, 15) is 9.59 Å². The molecule has 3 fully saturated rings. The van der Waals surface area contributed by atoms with Gasteiger partial charge in [-0.3, -0.25) is 9.59 Å². The summed E-state index contributed by atoms with van der Waals surface area (Å²) in [6, 6.07) is 11.5. The lowest BCUT2D eigenvalue weighted by Gasteiger charge is -2.30. The predicted octanol–water partition coefficient (Wildman–Crippen LogP) is 3.50. The van der Waals surface area contributed by atoms with Gasteiger partial charge in [0.05, 0.1) is 37.5 Å². The number of hydrogen-bond donors (Lipinski definition) is 0. The summed E-state index contributed by atoms with van der Waals surface area (Å²) in [5.41, 5.74) is 4.25. The van der Waals surface area contributed by atoms with Gasteiger partial charge in [0.2, 0.25) is 11.8 Å². The van der Waals surface area contributed by atoms with Gasteiger partial charge in [0.15, 0.2) is 0 Å². The van der Waals surface area contributed by atoms with E-state index in [0.29, 0.717) is 11.5 Å². The maximum absolute atomic E-state index is 13.7. The molecule has 2 heterocycles. The molecule has 0 unspecified atom stereocenters. The molecule has 1 saturated heterocycles. The smallest absolute Gasteiger partial charge is 0.238 e. The number of rotatable bonds is 4. The molecule has 7 heteroatoms. The van der Waals surface area contributed by atoms with Gasteiger partial charge >= 0.3 is 0 Å². The number of para-hydroxylation sites is 1. The summed E-state index contributed by atoms with van der Waals surface area (Å²) in [6.45, 7) is 3.90. The Kier molecular flexibility index (Phi) is 4.34. The fourth-order valence-electron chi connectivity index (χ4n) is 6.74. The fraction of sp³-hybridized carbons (Fsp3) is 0.423. The average Bonchev–Trinajstić information content (AvgIpc) is 3.55. The van der Waals surface area contributed by atoms with Crippen LogP contribution in [0, 0.1) is 43.4 Å². The van der Waals surface area contributed by atoms with E-state index < -0.39 is 0 Å². The van der Waals surface area contributed by atoms with Crippen LogP contribution in [-0.2, 0) is 14.4 Å². The normalized spacial score (nSPS) is 31.4. The summed E-state index contributed by atoms with van der Waals surface area (Å²) in [4.78, 5) is 34.7. The molecule has 2 aliphatic carbocycles. The first-order valence-corrected chi connectivity index (χ1v) is 11.4. The van der Waals surface area contributed by atoms with Crippen LogP contribution in [0.15, 0.2) is 41.6 Å². The Bertz CT molecular complexity index is 1200. The molecular formula is C26H26N2O5. The number of hydrogen-bond acceptors (Lipinski definition) is 6. The monoisotopic (exact) mass is 446 g/mol. The molecule has 2 saturated carbocycles. The lowest BCUT2D eigenvalue weighted by Crippen LogP contribution is -2.41. The Morgan fingerprint density at radius 3 is 2.30 bits per heavy atom. The van der Waals surface area contributed by atoms with Crippen molar-refractivity contribution < 1.29 is 23.9 Å². The molecular weight excluding hydrogens is 420 g/mol. The van der Waals surface area contributed by atoms with Gasteiger partial charge in [0.25, 0.3) is 0 Å². The summed E-state index contributed by atoms with van der Waals surface area (Å²) >= 11 is 0. The van der Waals surface area contributed by atoms with Crippen LogP contribution in [0.5, 0.6) is 11.5 Å². The van der Waals surface area contributed by atoms with E-state index in [-0.39, 0.29) is 47.5 Å². The van der Waals surface area contributed by atoms with E-state index in [1.807, 2.05) is 50.2 Å². The third kappa shape index (κ3) is 2.59. The van der Waals surface area contributed by atoms with Crippen molar-refractivity contribution in [1.82, 2.24) is 0 Å². The zero-order chi connectivity index (χ0) is 23.0. The van der Waals surface area contributed by atoms with E-state index in [1.54, 1.807) is 14.2 Å². The van der Waals surface area contributed by atoms with Crippen LogP contribution in [0.4, 0.5) is 5.69 Å². The van der Waals surface area contributed by atoms with E-state index in [2.05, 4.69) is 5.16 Å². The molecule has 0 radical (unpaired) electrons.